The number of fused-ring (bicyclic) bond motifs is 1. The van der Waals surface area contributed by atoms with Crippen molar-refractivity contribution in [3.8, 4) is 0 Å². The molecule has 2 aromatic rings. The Morgan fingerprint density at radius 1 is 1.34 bits per heavy atom. The molecule has 4 atom stereocenters. The van der Waals surface area contributed by atoms with Crippen molar-refractivity contribution < 1.29 is 13.9 Å². The van der Waals surface area contributed by atoms with Gasteiger partial charge in [0.25, 0.3) is 0 Å². The zero-order chi connectivity index (χ0) is 22.9. The molecule has 4 rings (SSSR count). The number of likely N-dealkylation sites (tertiary alicyclic amines) is 1. The summed E-state index contributed by atoms with van der Waals surface area (Å²) < 4.78 is 22.0. The molecule has 0 radical (unpaired) electrons. The minimum atomic E-state index is -0.447. The van der Waals surface area contributed by atoms with Crippen LogP contribution in [0, 0.1) is 11.7 Å². The second-order valence-corrected chi connectivity index (χ2v) is 9.77. The van der Waals surface area contributed by atoms with Crippen LogP contribution < -0.4 is 0 Å². The van der Waals surface area contributed by atoms with Gasteiger partial charge in [-0.2, -0.15) is 5.10 Å². The Bertz CT molecular complexity index is 932. The van der Waals surface area contributed by atoms with Gasteiger partial charge in [-0.25, -0.2) is 4.39 Å². The fraction of sp³-hybridized carbons (Fsp3) is 0.600. The first-order chi connectivity index (χ1) is 15.3. The lowest BCUT2D eigenvalue weighted by atomic mass is 9.82. The van der Waals surface area contributed by atoms with Crippen molar-refractivity contribution in [2.45, 2.75) is 63.8 Å². The summed E-state index contributed by atoms with van der Waals surface area (Å²) in [5.41, 5.74) is 1.70. The van der Waals surface area contributed by atoms with Crippen LogP contribution in [-0.2, 0) is 28.1 Å². The van der Waals surface area contributed by atoms with Crippen LogP contribution in [0.2, 0.25) is 0 Å². The van der Waals surface area contributed by atoms with Crippen LogP contribution >= 0.6 is 0 Å². The van der Waals surface area contributed by atoms with Crippen LogP contribution in [0.1, 0.15) is 44.2 Å². The number of carbonyl (C=O) groups is 1. The maximum atomic E-state index is 13.8. The minimum absolute atomic E-state index is 0.124. The van der Waals surface area contributed by atoms with E-state index in [0.717, 1.165) is 36.8 Å². The van der Waals surface area contributed by atoms with Gasteiger partial charge in [0.2, 0.25) is 5.91 Å². The molecule has 0 spiro atoms. The Morgan fingerprint density at radius 2 is 2.16 bits per heavy atom. The normalized spacial score (nSPS) is 26.7. The maximum absolute atomic E-state index is 13.8. The number of benzene rings is 1. The molecule has 1 saturated heterocycles. The predicted molar refractivity (Wildman–Crippen MR) is 122 cm³/mol. The SMILES string of the molecule is CC1CCC(CC2(C)OCCc3cc(F)ccc32)N1CC(Cn1cccn1)C(=O)N(C)C. The average molecular weight is 443 g/mol. The van der Waals surface area contributed by atoms with Crippen molar-refractivity contribution in [3.05, 3.63) is 53.6 Å². The van der Waals surface area contributed by atoms with Gasteiger partial charge in [-0.3, -0.25) is 14.4 Å². The van der Waals surface area contributed by atoms with Crippen molar-refractivity contribution >= 4 is 5.91 Å². The summed E-state index contributed by atoms with van der Waals surface area (Å²) in [7, 11) is 3.63. The van der Waals surface area contributed by atoms with Crippen LogP contribution in [0.25, 0.3) is 0 Å². The van der Waals surface area contributed by atoms with Crippen LogP contribution in [-0.4, -0.2) is 64.8 Å². The van der Waals surface area contributed by atoms with E-state index < -0.39 is 5.60 Å². The van der Waals surface area contributed by atoms with Gasteiger partial charge in [-0.1, -0.05) is 6.07 Å². The van der Waals surface area contributed by atoms with Crippen LogP contribution in [0.3, 0.4) is 0 Å². The molecule has 1 fully saturated rings. The number of ether oxygens (including phenoxy) is 1. The summed E-state index contributed by atoms with van der Waals surface area (Å²) in [4.78, 5) is 17.2. The Hall–Kier alpha value is -2.25. The third-order valence-corrected chi connectivity index (χ3v) is 7.19. The van der Waals surface area contributed by atoms with E-state index in [-0.39, 0.29) is 17.6 Å². The largest absolute Gasteiger partial charge is 0.370 e. The molecular weight excluding hydrogens is 407 g/mol. The molecular formula is C25H35FN4O2. The molecule has 2 aliphatic rings. The number of amides is 1. The smallest absolute Gasteiger partial charge is 0.228 e. The highest BCUT2D eigenvalue weighted by atomic mass is 19.1. The number of hydrogen-bond acceptors (Lipinski definition) is 4. The third-order valence-electron chi connectivity index (χ3n) is 7.19. The van der Waals surface area contributed by atoms with Gasteiger partial charge in [0.15, 0.2) is 0 Å². The molecule has 1 aromatic heterocycles. The first-order valence-corrected chi connectivity index (χ1v) is 11.6. The summed E-state index contributed by atoms with van der Waals surface area (Å²) in [5.74, 6) is -0.235. The summed E-state index contributed by atoms with van der Waals surface area (Å²) in [6, 6.07) is 7.68. The average Bonchev–Trinajstić information content (AvgIpc) is 3.37. The molecule has 1 amide bonds. The number of hydrogen-bond donors (Lipinski definition) is 0. The second-order valence-electron chi connectivity index (χ2n) is 9.77. The zero-order valence-corrected chi connectivity index (χ0v) is 19.6. The van der Waals surface area contributed by atoms with Gasteiger partial charge in [-0.05, 0) is 68.9 Å². The quantitative estimate of drug-likeness (QED) is 0.659. The Balaban J connectivity index is 1.54. The number of rotatable bonds is 7. The van der Waals surface area contributed by atoms with Gasteiger partial charge < -0.3 is 9.64 Å². The lowest BCUT2D eigenvalue weighted by Gasteiger charge is -2.41. The van der Waals surface area contributed by atoms with E-state index in [1.165, 1.54) is 6.07 Å². The molecule has 174 valence electrons. The van der Waals surface area contributed by atoms with Gasteiger partial charge in [0.05, 0.1) is 24.7 Å². The third kappa shape index (κ3) is 4.74. The highest BCUT2D eigenvalue weighted by Gasteiger charge is 2.41. The molecule has 32 heavy (non-hydrogen) atoms. The monoisotopic (exact) mass is 442 g/mol. The highest BCUT2D eigenvalue weighted by Crippen LogP contribution is 2.41. The van der Waals surface area contributed by atoms with E-state index >= 15 is 0 Å². The molecule has 7 heteroatoms. The summed E-state index contributed by atoms with van der Waals surface area (Å²) in [6.07, 6.45) is 7.41. The van der Waals surface area contributed by atoms with Crippen molar-refractivity contribution in [3.63, 3.8) is 0 Å². The Labute approximate surface area is 190 Å². The molecule has 1 aromatic carbocycles. The molecule has 2 aliphatic heterocycles. The molecule has 0 bridgehead atoms. The highest BCUT2D eigenvalue weighted by molar-refractivity contribution is 5.78. The molecule has 6 nitrogen and oxygen atoms in total. The van der Waals surface area contributed by atoms with Crippen LogP contribution in [0.15, 0.2) is 36.7 Å². The van der Waals surface area contributed by atoms with Gasteiger partial charge >= 0.3 is 0 Å². The summed E-state index contributed by atoms with van der Waals surface area (Å²) in [5, 5.41) is 4.32. The molecule has 0 N–H and O–H groups in total. The zero-order valence-electron chi connectivity index (χ0n) is 19.6. The standard InChI is InChI=1S/C25H35FN4O2/c1-18-6-8-22(15-25(2)23-9-7-21(26)14-19(23)10-13-32-25)30(18)17-20(24(31)28(3)4)16-29-12-5-11-27-29/h5,7,9,11-12,14,18,20,22H,6,8,10,13,15-17H2,1-4H3. The van der Waals surface area contributed by atoms with Crippen molar-refractivity contribution in [2.75, 3.05) is 27.2 Å². The summed E-state index contributed by atoms with van der Waals surface area (Å²) >= 11 is 0. The van der Waals surface area contributed by atoms with E-state index in [4.69, 9.17) is 4.74 Å². The fourth-order valence-corrected chi connectivity index (χ4v) is 5.51. The number of aromatic nitrogens is 2. The van der Waals surface area contributed by atoms with Crippen LogP contribution in [0.4, 0.5) is 4.39 Å². The molecule has 3 heterocycles. The Morgan fingerprint density at radius 3 is 2.88 bits per heavy atom. The van der Waals surface area contributed by atoms with Crippen molar-refractivity contribution in [1.29, 1.82) is 0 Å². The minimum Gasteiger partial charge on any atom is -0.370 e. The summed E-state index contributed by atoms with van der Waals surface area (Å²) in [6.45, 7) is 6.25. The van der Waals surface area contributed by atoms with Gasteiger partial charge in [0, 0.05) is 45.1 Å². The maximum Gasteiger partial charge on any atom is 0.228 e. The topological polar surface area (TPSA) is 50.6 Å². The van der Waals surface area contributed by atoms with Crippen molar-refractivity contribution in [2.24, 2.45) is 5.92 Å². The van der Waals surface area contributed by atoms with E-state index in [1.807, 2.05) is 37.1 Å². The fourth-order valence-electron chi connectivity index (χ4n) is 5.51. The van der Waals surface area contributed by atoms with Crippen molar-refractivity contribution in [1.82, 2.24) is 19.6 Å². The van der Waals surface area contributed by atoms with Gasteiger partial charge in [0.1, 0.15) is 5.82 Å². The second kappa shape index (κ2) is 9.32. The first kappa shape index (κ1) is 22.9. The number of carbonyl (C=O) groups excluding carboxylic acids is 1. The number of halogens is 1. The number of nitrogens with zero attached hydrogens (tertiary/aromatic N) is 4. The molecule has 0 saturated carbocycles. The van der Waals surface area contributed by atoms with E-state index in [0.29, 0.717) is 31.8 Å². The Kier molecular flexibility index (Phi) is 6.67. The lowest BCUT2D eigenvalue weighted by molar-refractivity contribution is -0.134. The molecule has 4 unspecified atom stereocenters. The lowest BCUT2D eigenvalue weighted by Crippen LogP contribution is -2.47. The predicted octanol–water partition coefficient (Wildman–Crippen LogP) is 3.46. The van der Waals surface area contributed by atoms with Crippen LogP contribution in [0.5, 0.6) is 0 Å². The molecule has 0 aliphatic carbocycles. The van der Waals surface area contributed by atoms with E-state index in [2.05, 4.69) is 23.8 Å². The first-order valence-electron chi connectivity index (χ1n) is 11.6. The van der Waals surface area contributed by atoms with E-state index in [1.54, 1.807) is 17.2 Å². The van der Waals surface area contributed by atoms with E-state index in [9.17, 15) is 9.18 Å². The van der Waals surface area contributed by atoms with Gasteiger partial charge in [-0.15, -0.1) is 0 Å².